The van der Waals surface area contributed by atoms with Crippen LogP contribution in [0.25, 0.3) is 0 Å². The molecule has 1 aromatic carbocycles. The van der Waals surface area contributed by atoms with Crippen LogP contribution in [0.5, 0.6) is 11.5 Å². The fourth-order valence-corrected chi connectivity index (χ4v) is 1.62. The largest absolute Gasteiger partial charge is 0.504 e. The zero-order chi connectivity index (χ0) is 14.4. The molecule has 0 aromatic heterocycles. The van der Waals surface area contributed by atoms with Crippen LogP contribution in [0, 0.1) is 0 Å². The van der Waals surface area contributed by atoms with Gasteiger partial charge in [0.15, 0.2) is 11.5 Å². The average molecular weight is 267 g/mol. The van der Waals surface area contributed by atoms with Crippen molar-refractivity contribution in [3.05, 3.63) is 23.8 Å². The fraction of sp³-hybridized carbons (Fsp3) is 0.385. The van der Waals surface area contributed by atoms with E-state index in [1.165, 1.54) is 30.2 Å². The number of methoxy groups -OCH3 is 1. The number of esters is 1. The highest BCUT2D eigenvalue weighted by atomic mass is 16.5. The minimum atomic E-state index is -0.540. The SMILES string of the molecule is CCCN(CC(=O)OC)C(=O)c1cccc(O)c1O. The standard InChI is InChI=1S/C13H17NO5/c1-3-7-14(8-11(16)19-2)13(18)9-5-4-6-10(15)12(9)17/h4-6,15,17H,3,7-8H2,1-2H3. The fourth-order valence-electron chi connectivity index (χ4n) is 1.62. The van der Waals surface area contributed by atoms with Crippen molar-refractivity contribution in [1.29, 1.82) is 0 Å². The van der Waals surface area contributed by atoms with Crippen LogP contribution in [0.2, 0.25) is 0 Å². The minimum absolute atomic E-state index is 0.0441. The number of benzene rings is 1. The third-order valence-corrected chi connectivity index (χ3v) is 2.57. The van der Waals surface area contributed by atoms with Gasteiger partial charge in [0.05, 0.1) is 12.7 Å². The Balaban J connectivity index is 2.98. The molecule has 0 aliphatic rings. The van der Waals surface area contributed by atoms with Gasteiger partial charge in [-0.05, 0) is 18.6 Å². The number of aromatic hydroxyl groups is 2. The van der Waals surface area contributed by atoms with Crippen LogP contribution in [0.4, 0.5) is 0 Å². The normalized spacial score (nSPS) is 10.0. The van der Waals surface area contributed by atoms with Crippen LogP contribution in [0.3, 0.4) is 0 Å². The molecule has 0 aliphatic heterocycles. The van der Waals surface area contributed by atoms with Crippen molar-refractivity contribution < 1.29 is 24.5 Å². The number of carbonyl (C=O) groups is 2. The van der Waals surface area contributed by atoms with Crippen LogP contribution in [-0.2, 0) is 9.53 Å². The van der Waals surface area contributed by atoms with Gasteiger partial charge < -0.3 is 19.8 Å². The molecule has 6 heteroatoms. The molecule has 0 spiro atoms. The number of amides is 1. The Morgan fingerprint density at radius 2 is 2.00 bits per heavy atom. The molecule has 0 atom stereocenters. The van der Waals surface area contributed by atoms with E-state index in [2.05, 4.69) is 4.74 Å². The van der Waals surface area contributed by atoms with Gasteiger partial charge in [0.1, 0.15) is 6.54 Å². The first-order valence-corrected chi connectivity index (χ1v) is 5.88. The maximum Gasteiger partial charge on any atom is 0.325 e. The number of phenols is 2. The van der Waals surface area contributed by atoms with E-state index in [4.69, 9.17) is 0 Å². The number of hydrogen-bond acceptors (Lipinski definition) is 5. The van der Waals surface area contributed by atoms with E-state index in [0.29, 0.717) is 13.0 Å². The van der Waals surface area contributed by atoms with Crippen molar-refractivity contribution in [2.75, 3.05) is 20.2 Å². The van der Waals surface area contributed by atoms with Crippen molar-refractivity contribution in [3.8, 4) is 11.5 Å². The summed E-state index contributed by atoms with van der Waals surface area (Å²) in [4.78, 5) is 24.7. The summed E-state index contributed by atoms with van der Waals surface area (Å²) >= 11 is 0. The predicted molar refractivity (Wildman–Crippen MR) is 68.0 cm³/mol. The first-order valence-electron chi connectivity index (χ1n) is 5.88. The molecule has 0 fully saturated rings. The number of ether oxygens (including phenoxy) is 1. The van der Waals surface area contributed by atoms with E-state index in [1.807, 2.05) is 6.92 Å². The molecule has 0 aliphatic carbocycles. The van der Waals surface area contributed by atoms with E-state index >= 15 is 0 Å². The van der Waals surface area contributed by atoms with E-state index in [-0.39, 0.29) is 17.9 Å². The first kappa shape index (κ1) is 14.8. The monoisotopic (exact) mass is 267 g/mol. The molecule has 1 amide bonds. The van der Waals surface area contributed by atoms with E-state index < -0.39 is 17.6 Å². The third kappa shape index (κ3) is 3.61. The number of hydrogen-bond donors (Lipinski definition) is 2. The Hall–Kier alpha value is -2.24. The Kier molecular flexibility index (Phi) is 5.17. The van der Waals surface area contributed by atoms with E-state index in [1.54, 1.807) is 0 Å². The van der Waals surface area contributed by atoms with Gasteiger partial charge in [0.25, 0.3) is 5.91 Å². The third-order valence-electron chi connectivity index (χ3n) is 2.57. The average Bonchev–Trinajstić information content (AvgIpc) is 2.40. The molecular weight excluding hydrogens is 250 g/mol. The summed E-state index contributed by atoms with van der Waals surface area (Å²) in [5, 5.41) is 19.0. The number of nitrogens with zero attached hydrogens (tertiary/aromatic N) is 1. The molecule has 104 valence electrons. The highest BCUT2D eigenvalue weighted by Crippen LogP contribution is 2.29. The van der Waals surface area contributed by atoms with Gasteiger partial charge >= 0.3 is 5.97 Å². The van der Waals surface area contributed by atoms with Crippen LogP contribution in [0.1, 0.15) is 23.7 Å². The summed E-state index contributed by atoms with van der Waals surface area (Å²) in [6.45, 7) is 2.02. The topological polar surface area (TPSA) is 87.1 Å². The molecule has 19 heavy (non-hydrogen) atoms. The smallest absolute Gasteiger partial charge is 0.325 e. The first-order chi connectivity index (χ1) is 9.01. The maximum atomic E-state index is 12.2. The van der Waals surface area contributed by atoms with Crippen molar-refractivity contribution in [2.45, 2.75) is 13.3 Å². The molecular formula is C13H17NO5. The van der Waals surface area contributed by atoms with Crippen LogP contribution in [0.15, 0.2) is 18.2 Å². The van der Waals surface area contributed by atoms with E-state index in [9.17, 15) is 19.8 Å². The van der Waals surface area contributed by atoms with Gasteiger partial charge in [-0.15, -0.1) is 0 Å². The zero-order valence-corrected chi connectivity index (χ0v) is 10.9. The predicted octanol–water partition coefficient (Wildman–Crippen LogP) is 1.12. The summed E-state index contributed by atoms with van der Waals surface area (Å²) in [5.41, 5.74) is -0.0441. The number of carbonyl (C=O) groups excluding carboxylic acids is 2. The summed E-state index contributed by atoms with van der Waals surface area (Å²) in [6.07, 6.45) is 0.655. The second-order valence-corrected chi connectivity index (χ2v) is 3.98. The lowest BCUT2D eigenvalue weighted by Gasteiger charge is -2.21. The Morgan fingerprint density at radius 1 is 1.32 bits per heavy atom. The van der Waals surface area contributed by atoms with Gasteiger partial charge in [-0.2, -0.15) is 0 Å². The second-order valence-electron chi connectivity index (χ2n) is 3.98. The van der Waals surface area contributed by atoms with E-state index in [0.717, 1.165) is 0 Å². The lowest BCUT2D eigenvalue weighted by molar-refractivity contribution is -0.141. The molecule has 0 saturated carbocycles. The molecule has 0 radical (unpaired) electrons. The molecule has 6 nitrogen and oxygen atoms in total. The second kappa shape index (κ2) is 6.63. The highest BCUT2D eigenvalue weighted by Gasteiger charge is 2.22. The van der Waals surface area contributed by atoms with Gasteiger partial charge in [0.2, 0.25) is 0 Å². The van der Waals surface area contributed by atoms with Crippen molar-refractivity contribution in [2.24, 2.45) is 0 Å². The molecule has 0 bridgehead atoms. The summed E-state index contributed by atoms with van der Waals surface area (Å²) in [7, 11) is 1.24. The Labute approximate surface area is 111 Å². The number of rotatable bonds is 5. The lowest BCUT2D eigenvalue weighted by atomic mass is 10.1. The van der Waals surface area contributed by atoms with Gasteiger partial charge in [0, 0.05) is 6.54 Å². The molecule has 1 aromatic rings. The Bertz CT molecular complexity index is 472. The van der Waals surface area contributed by atoms with Crippen molar-refractivity contribution >= 4 is 11.9 Å². The zero-order valence-electron chi connectivity index (χ0n) is 10.9. The van der Waals surface area contributed by atoms with Crippen molar-refractivity contribution in [3.63, 3.8) is 0 Å². The summed E-state index contributed by atoms with van der Waals surface area (Å²) < 4.78 is 4.52. The van der Waals surface area contributed by atoms with Gasteiger partial charge in [-0.3, -0.25) is 9.59 Å². The summed E-state index contributed by atoms with van der Waals surface area (Å²) in [6, 6.07) is 4.11. The van der Waals surface area contributed by atoms with Crippen LogP contribution < -0.4 is 0 Å². The molecule has 0 saturated heterocycles. The molecule has 1 rings (SSSR count). The highest BCUT2D eigenvalue weighted by molar-refractivity contribution is 5.99. The molecule has 2 N–H and O–H groups in total. The maximum absolute atomic E-state index is 12.2. The van der Waals surface area contributed by atoms with Gasteiger partial charge in [-0.1, -0.05) is 13.0 Å². The summed E-state index contributed by atoms with van der Waals surface area (Å²) in [5.74, 6) is -1.93. The van der Waals surface area contributed by atoms with Crippen molar-refractivity contribution in [1.82, 2.24) is 4.90 Å². The minimum Gasteiger partial charge on any atom is -0.504 e. The van der Waals surface area contributed by atoms with Crippen LogP contribution in [-0.4, -0.2) is 47.2 Å². The quantitative estimate of drug-likeness (QED) is 0.616. The molecule has 0 unspecified atom stereocenters. The lowest BCUT2D eigenvalue weighted by Crippen LogP contribution is -2.36. The Morgan fingerprint density at radius 3 is 2.58 bits per heavy atom. The number of para-hydroxylation sites is 1. The molecule has 0 heterocycles. The van der Waals surface area contributed by atoms with Gasteiger partial charge in [-0.25, -0.2) is 0 Å². The van der Waals surface area contributed by atoms with Crippen LogP contribution >= 0.6 is 0 Å². The number of phenolic OH excluding ortho intramolecular Hbond substituents is 2.